The van der Waals surface area contributed by atoms with Crippen molar-refractivity contribution in [1.82, 2.24) is 0 Å². The Morgan fingerprint density at radius 2 is 2.00 bits per heavy atom. The van der Waals surface area contributed by atoms with Crippen molar-refractivity contribution in [2.24, 2.45) is 11.5 Å². The molecular weight excluding hydrogens is 184 g/mol. The molecule has 0 heterocycles. The van der Waals surface area contributed by atoms with Gasteiger partial charge in [-0.25, -0.2) is 0 Å². The molecular formula is C13H24N2. The first-order valence-electron chi connectivity index (χ1n) is 6.14. The lowest BCUT2D eigenvalue weighted by Crippen LogP contribution is -2.20. The van der Waals surface area contributed by atoms with E-state index in [0.29, 0.717) is 6.04 Å². The summed E-state index contributed by atoms with van der Waals surface area (Å²) in [5.41, 5.74) is 12.9. The summed E-state index contributed by atoms with van der Waals surface area (Å²) in [5, 5.41) is 0. The van der Waals surface area contributed by atoms with Crippen LogP contribution in [0.2, 0.25) is 0 Å². The van der Waals surface area contributed by atoms with Gasteiger partial charge in [-0.3, -0.25) is 0 Å². The summed E-state index contributed by atoms with van der Waals surface area (Å²) in [5.74, 6) is 0. The molecule has 0 radical (unpaired) electrons. The maximum absolute atomic E-state index is 5.98. The number of hydrogen-bond acceptors (Lipinski definition) is 2. The normalized spacial score (nSPS) is 17.6. The molecule has 1 unspecified atom stereocenters. The molecule has 1 atom stereocenters. The zero-order valence-electron chi connectivity index (χ0n) is 9.62. The summed E-state index contributed by atoms with van der Waals surface area (Å²) in [7, 11) is 0. The van der Waals surface area contributed by atoms with E-state index >= 15 is 0 Å². The van der Waals surface area contributed by atoms with Crippen LogP contribution in [0.5, 0.6) is 0 Å². The predicted octanol–water partition coefficient (Wildman–Crippen LogP) is 2.50. The van der Waals surface area contributed by atoms with Crippen LogP contribution in [0.1, 0.15) is 44.9 Å². The van der Waals surface area contributed by atoms with Crippen LogP contribution in [-0.2, 0) is 0 Å². The lowest BCUT2D eigenvalue weighted by atomic mass is 9.99. The van der Waals surface area contributed by atoms with Gasteiger partial charge in [0.1, 0.15) is 0 Å². The third-order valence-corrected chi connectivity index (χ3v) is 2.89. The molecule has 0 saturated heterocycles. The second-order valence-corrected chi connectivity index (χ2v) is 4.34. The van der Waals surface area contributed by atoms with E-state index in [1.807, 2.05) is 0 Å². The Morgan fingerprint density at radius 1 is 1.20 bits per heavy atom. The van der Waals surface area contributed by atoms with Crippen LogP contribution in [-0.4, -0.2) is 12.6 Å². The first kappa shape index (κ1) is 12.5. The molecule has 86 valence electrons. The summed E-state index contributed by atoms with van der Waals surface area (Å²) in [4.78, 5) is 0. The molecule has 0 aromatic carbocycles. The van der Waals surface area contributed by atoms with Gasteiger partial charge in [0, 0.05) is 6.04 Å². The fraction of sp³-hybridized carbons (Fsp3) is 0.692. The molecule has 0 bridgehead atoms. The van der Waals surface area contributed by atoms with E-state index < -0.39 is 0 Å². The van der Waals surface area contributed by atoms with Gasteiger partial charge in [0.05, 0.1) is 0 Å². The average Bonchev–Trinajstić information content (AvgIpc) is 2.28. The highest BCUT2D eigenvalue weighted by atomic mass is 14.6. The first-order chi connectivity index (χ1) is 7.33. The molecule has 1 rings (SSSR count). The molecule has 0 spiro atoms. The van der Waals surface area contributed by atoms with Gasteiger partial charge in [-0.05, 0) is 51.5 Å². The van der Waals surface area contributed by atoms with E-state index in [9.17, 15) is 0 Å². The third kappa shape index (κ3) is 5.75. The highest BCUT2D eigenvalue weighted by Crippen LogP contribution is 2.16. The van der Waals surface area contributed by atoms with Gasteiger partial charge in [0.25, 0.3) is 0 Å². The van der Waals surface area contributed by atoms with Crippen molar-refractivity contribution in [2.75, 3.05) is 6.54 Å². The van der Waals surface area contributed by atoms with Gasteiger partial charge >= 0.3 is 0 Å². The van der Waals surface area contributed by atoms with Gasteiger partial charge in [-0.1, -0.05) is 23.8 Å². The monoisotopic (exact) mass is 208 g/mol. The van der Waals surface area contributed by atoms with Crippen LogP contribution >= 0.6 is 0 Å². The molecule has 15 heavy (non-hydrogen) atoms. The largest absolute Gasteiger partial charge is 0.330 e. The Kier molecular flexibility index (Phi) is 6.37. The molecule has 0 aromatic rings. The second-order valence-electron chi connectivity index (χ2n) is 4.34. The van der Waals surface area contributed by atoms with Crippen molar-refractivity contribution in [3.63, 3.8) is 0 Å². The Bertz CT molecular complexity index is 219. The quantitative estimate of drug-likeness (QED) is 0.675. The lowest BCUT2D eigenvalue weighted by molar-refractivity contribution is 0.531. The van der Waals surface area contributed by atoms with E-state index in [-0.39, 0.29) is 0 Å². The second kappa shape index (κ2) is 7.66. The predicted molar refractivity (Wildman–Crippen MR) is 66.6 cm³/mol. The summed E-state index contributed by atoms with van der Waals surface area (Å²) >= 11 is 0. The van der Waals surface area contributed by atoms with Crippen LogP contribution in [0.15, 0.2) is 23.8 Å². The molecule has 0 saturated carbocycles. The maximum atomic E-state index is 5.98. The maximum Gasteiger partial charge on any atom is 0.00394 e. The van der Waals surface area contributed by atoms with Gasteiger partial charge in [-0.2, -0.15) is 0 Å². The van der Waals surface area contributed by atoms with Crippen LogP contribution < -0.4 is 11.5 Å². The topological polar surface area (TPSA) is 52.0 Å². The number of nitrogens with two attached hydrogens (primary N) is 2. The Balaban J connectivity index is 2.05. The van der Waals surface area contributed by atoms with E-state index in [1.165, 1.54) is 31.3 Å². The highest BCUT2D eigenvalue weighted by molar-refractivity contribution is 5.21. The summed E-state index contributed by atoms with van der Waals surface area (Å²) in [6.07, 6.45) is 15.0. The Hall–Kier alpha value is -0.600. The zero-order chi connectivity index (χ0) is 10.9. The molecule has 0 amide bonds. The SMILES string of the molecule is NCCCC(N)CCCC1=CCCC=C1. The molecule has 0 fully saturated rings. The number of hydrogen-bond donors (Lipinski definition) is 2. The van der Waals surface area contributed by atoms with Crippen LogP contribution in [0, 0.1) is 0 Å². The van der Waals surface area contributed by atoms with Crippen LogP contribution in [0.3, 0.4) is 0 Å². The minimum absolute atomic E-state index is 0.349. The molecule has 0 aliphatic heterocycles. The van der Waals surface area contributed by atoms with Crippen LogP contribution in [0.4, 0.5) is 0 Å². The number of rotatable bonds is 7. The van der Waals surface area contributed by atoms with E-state index in [2.05, 4.69) is 18.2 Å². The summed E-state index contributed by atoms with van der Waals surface area (Å²) < 4.78 is 0. The number of allylic oxidation sites excluding steroid dienone is 4. The van der Waals surface area contributed by atoms with Crippen molar-refractivity contribution in [3.05, 3.63) is 23.8 Å². The van der Waals surface area contributed by atoms with Gasteiger partial charge < -0.3 is 11.5 Å². The zero-order valence-corrected chi connectivity index (χ0v) is 9.62. The minimum atomic E-state index is 0.349. The molecule has 1 aliphatic carbocycles. The van der Waals surface area contributed by atoms with Crippen molar-refractivity contribution >= 4 is 0 Å². The minimum Gasteiger partial charge on any atom is -0.330 e. The van der Waals surface area contributed by atoms with Crippen molar-refractivity contribution in [2.45, 2.75) is 51.0 Å². The summed E-state index contributed by atoms with van der Waals surface area (Å²) in [6.45, 7) is 0.765. The summed E-state index contributed by atoms with van der Waals surface area (Å²) in [6, 6.07) is 0.349. The average molecular weight is 208 g/mol. The fourth-order valence-electron chi connectivity index (χ4n) is 1.95. The Morgan fingerprint density at radius 3 is 2.67 bits per heavy atom. The van der Waals surface area contributed by atoms with Gasteiger partial charge in [0.2, 0.25) is 0 Å². The molecule has 1 aliphatic rings. The van der Waals surface area contributed by atoms with Gasteiger partial charge in [0.15, 0.2) is 0 Å². The highest BCUT2D eigenvalue weighted by Gasteiger charge is 2.03. The third-order valence-electron chi connectivity index (χ3n) is 2.89. The van der Waals surface area contributed by atoms with E-state index in [1.54, 1.807) is 0 Å². The van der Waals surface area contributed by atoms with E-state index in [0.717, 1.165) is 25.8 Å². The molecule has 4 N–H and O–H groups in total. The standard InChI is InChI=1S/C13H24N2/c14-11-5-10-13(15)9-4-8-12-6-2-1-3-7-12/h2,6-7,13H,1,3-5,8-11,14-15H2. The van der Waals surface area contributed by atoms with Crippen molar-refractivity contribution in [1.29, 1.82) is 0 Å². The van der Waals surface area contributed by atoms with E-state index in [4.69, 9.17) is 11.5 Å². The fourth-order valence-corrected chi connectivity index (χ4v) is 1.95. The first-order valence-corrected chi connectivity index (χ1v) is 6.14. The van der Waals surface area contributed by atoms with Crippen LogP contribution in [0.25, 0.3) is 0 Å². The lowest BCUT2D eigenvalue weighted by Gasteiger charge is -2.11. The van der Waals surface area contributed by atoms with Crippen molar-refractivity contribution in [3.8, 4) is 0 Å². The molecule has 2 nitrogen and oxygen atoms in total. The van der Waals surface area contributed by atoms with Gasteiger partial charge in [-0.15, -0.1) is 0 Å². The smallest absolute Gasteiger partial charge is 0.00394 e. The molecule has 0 aromatic heterocycles. The van der Waals surface area contributed by atoms with Crippen molar-refractivity contribution < 1.29 is 0 Å². The Labute approximate surface area is 93.4 Å². The molecule has 2 heteroatoms.